The Morgan fingerprint density at radius 3 is 2.52 bits per heavy atom. The second kappa shape index (κ2) is 11.8. The summed E-state index contributed by atoms with van der Waals surface area (Å²) in [5, 5.41) is 8.34. The monoisotopic (exact) mass is 537 g/mol. The molecule has 1 unspecified atom stereocenters. The van der Waals surface area contributed by atoms with Crippen LogP contribution in [0, 0.1) is 18.3 Å². The first-order valence-electron chi connectivity index (χ1n) is 13.8. The van der Waals surface area contributed by atoms with Gasteiger partial charge in [-0.15, -0.1) is 6.42 Å². The van der Waals surface area contributed by atoms with Gasteiger partial charge in [0.2, 0.25) is 11.8 Å². The van der Waals surface area contributed by atoms with Gasteiger partial charge in [-0.3, -0.25) is 9.59 Å². The molecule has 0 saturated carbocycles. The number of rotatable bonds is 7. The number of piperazine rings is 1. The molecular weight excluding hydrogens is 502 g/mol. The van der Waals surface area contributed by atoms with Gasteiger partial charge in [0.15, 0.2) is 0 Å². The van der Waals surface area contributed by atoms with E-state index in [1.54, 1.807) is 19.8 Å². The van der Waals surface area contributed by atoms with Crippen LogP contribution < -0.4 is 5.32 Å². The Morgan fingerprint density at radius 1 is 1.05 bits per heavy atom. The van der Waals surface area contributed by atoms with Crippen LogP contribution in [0.2, 0.25) is 0 Å². The Kier molecular flexibility index (Phi) is 8.04. The summed E-state index contributed by atoms with van der Waals surface area (Å²) in [4.78, 5) is 44.8. The Balaban J connectivity index is 1.50. The normalized spacial score (nSPS) is 20.3. The van der Waals surface area contributed by atoms with Crippen LogP contribution in [0.15, 0.2) is 72.8 Å². The quantitative estimate of drug-likeness (QED) is 0.465. The first kappa shape index (κ1) is 27.2. The molecule has 8 heteroatoms. The average Bonchev–Trinajstić information content (AvgIpc) is 2.97. The van der Waals surface area contributed by atoms with E-state index in [0.29, 0.717) is 19.5 Å². The lowest BCUT2D eigenvalue weighted by Crippen LogP contribution is -2.77. The van der Waals surface area contributed by atoms with Crippen molar-refractivity contribution in [3.05, 3.63) is 83.9 Å². The number of terminal acetylenes is 1. The first-order chi connectivity index (χ1) is 19.4. The number of urea groups is 1. The third-order valence-corrected chi connectivity index (χ3v) is 7.95. The van der Waals surface area contributed by atoms with E-state index in [1.807, 2.05) is 68.4 Å². The van der Waals surface area contributed by atoms with Crippen LogP contribution in [-0.2, 0) is 22.7 Å². The fourth-order valence-electron chi connectivity index (χ4n) is 5.76. The highest BCUT2D eigenvalue weighted by atomic mass is 16.2. The zero-order valence-corrected chi connectivity index (χ0v) is 23.0. The van der Waals surface area contributed by atoms with Gasteiger partial charge in [0, 0.05) is 13.1 Å². The second-order valence-corrected chi connectivity index (χ2v) is 10.5. The van der Waals surface area contributed by atoms with Crippen molar-refractivity contribution in [2.24, 2.45) is 5.92 Å². The molecule has 2 aliphatic rings. The fraction of sp³-hybridized carbons (Fsp3) is 0.344. The average molecular weight is 538 g/mol. The summed E-state index contributed by atoms with van der Waals surface area (Å²) in [6.07, 6.45) is 5.69. The molecular formula is C32H35N5O3. The van der Waals surface area contributed by atoms with Crippen molar-refractivity contribution in [2.75, 3.05) is 19.6 Å². The Labute approximate surface area is 235 Å². The molecule has 206 valence electrons. The van der Waals surface area contributed by atoms with Gasteiger partial charge < -0.3 is 15.1 Å². The van der Waals surface area contributed by atoms with Crippen LogP contribution >= 0.6 is 0 Å². The summed E-state index contributed by atoms with van der Waals surface area (Å²) in [6.45, 7) is 4.92. The molecule has 8 nitrogen and oxygen atoms in total. The van der Waals surface area contributed by atoms with Gasteiger partial charge in [-0.05, 0) is 27.8 Å². The molecule has 2 heterocycles. The van der Waals surface area contributed by atoms with E-state index in [0.717, 1.165) is 21.9 Å². The number of hydrazine groups is 1. The topological polar surface area (TPSA) is 76.2 Å². The molecule has 2 fully saturated rings. The molecule has 3 aromatic rings. The first-order valence-corrected chi connectivity index (χ1v) is 13.8. The van der Waals surface area contributed by atoms with Crippen LogP contribution in [0.1, 0.15) is 31.4 Å². The molecule has 0 aliphatic carbocycles. The van der Waals surface area contributed by atoms with Crippen molar-refractivity contribution >= 4 is 28.6 Å². The molecule has 5 rings (SSSR count). The van der Waals surface area contributed by atoms with E-state index in [9.17, 15) is 14.4 Å². The van der Waals surface area contributed by atoms with Gasteiger partial charge in [0.25, 0.3) is 0 Å². The molecule has 2 saturated heterocycles. The van der Waals surface area contributed by atoms with E-state index in [-0.39, 0.29) is 43.4 Å². The molecule has 0 spiro atoms. The van der Waals surface area contributed by atoms with Crippen molar-refractivity contribution in [1.29, 1.82) is 0 Å². The molecule has 0 aromatic heterocycles. The zero-order valence-electron chi connectivity index (χ0n) is 23.0. The van der Waals surface area contributed by atoms with Gasteiger partial charge >= 0.3 is 6.03 Å². The van der Waals surface area contributed by atoms with Crippen molar-refractivity contribution in [3.63, 3.8) is 0 Å². The number of carbonyl (C=O) groups is 3. The Morgan fingerprint density at radius 2 is 1.77 bits per heavy atom. The maximum Gasteiger partial charge on any atom is 0.334 e. The maximum atomic E-state index is 14.0. The lowest BCUT2D eigenvalue weighted by molar-refractivity contribution is -0.192. The number of hydrogen-bond donors (Lipinski definition) is 1. The number of fused-ring (bicyclic) bond motifs is 2. The molecule has 4 amide bonds. The van der Waals surface area contributed by atoms with Crippen molar-refractivity contribution < 1.29 is 14.4 Å². The lowest BCUT2D eigenvalue weighted by atomic mass is 9.92. The van der Waals surface area contributed by atoms with Gasteiger partial charge in [-0.25, -0.2) is 9.80 Å². The highest BCUT2D eigenvalue weighted by Gasteiger charge is 2.52. The van der Waals surface area contributed by atoms with Crippen LogP contribution in [0.5, 0.6) is 0 Å². The van der Waals surface area contributed by atoms with E-state index in [4.69, 9.17) is 6.42 Å². The SMILES string of the molecule is C#CCN1CC(=O)N2[C@@H](C(C)CC)C(=O)N(Cc3cccc4ccccc34)C[C@@H]2N1C(=O)NCc1ccccc1. The summed E-state index contributed by atoms with van der Waals surface area (Å²) < 4.78 is 0. The van der Waals surface area contributed by atoms with Gasteiger partial charge in [0.1, 0.15) is 12.2 Å². The molecule has 1 N–H and O–H groups in total. The largest absolute Gasteiger partial charge is 0.334 e. The minimum absolute atomic E-state index is 0.0665. The van der Waals surface area contributed by atoms with Crippen molar-refractivity contribution in [3.8, 4) is 12.3 Å². The molecule has 0 radical (unpaired) electrons. The summed E-state index contributed by atoms with van der Waals surface area (Å²) in [5.41, 5.74) is 1.98. The van der Waals surface area contributed by atoms with Gasteiger partial charge in [0.05, 0.1) is 19.6 Å². The maximum absolute atomic E-state index is 14.0. The summed E-state index contributed by atoms with van der Waals surface area (Å²) in [7, 11) is 0. The summed E-state index contributed by atoms with van der Waals surface area (Å²) in [6, 6.07) is 22.8. The predicted molar refractivity (Wildman–Crippen MR) is 154 cm³/mol. The lowest BCUT2D eigenvalue weighted by Gasteiger charge is -2.55. The number of nitrogens with zero attached hydrogens (tertiary/aromatic N) is 4. The minimum Gasteiger partial charge on any atom is -0.333 e. The van der Waals surface area contributed by atoms with Gasteiger partial charge in [-0.2, -0.15) is 5.01 Å². The van der Waals surface area contributed by atoms with Gasteiger partial charge in [-0.1, -0.05) is 99.0 Å². The predicted octanol–water partition coefficient (Wildman–Crippen LogP) is 3.83. The number of amides is 4. The minimum atomic E-state index is -0.683. The third-order valence-electron chi connectivity index (χ3n) is 7.95. The van der Waals surface area contributed by atoms with E-state index in [2.05, 4.69) is 29.4 Å². The smallest absolute Gasteiger partial charge is 0.333 e. The third kappa shape index (κ3) is 5.25. The molecule has 0 bridgehead atoms. The summed E-state index contributed by atoms with van der Waals surface area (Å²) >= 11 is 0. The van der Waals surface area contributed by atoms with Crippen LogP contribution in [0.4, 0.5) is 4.79 Å². The molecule has 3 aromatic carbocycles. The summed E-state index contributed by atoms with van der Waals surface area (Å²) in [5.74, 6) is 2.20. The molecule has 2 aliphatic heterocycles. The standard InChI is InChI=1S/C32H35N5O3/c1-4-18-35-22-29(38)36-28(37(35)32(40)33-19-24-12-7-6-8-13-24)21-34(31(39)30(36)23(3)5-2)20-26-16-11-15-25-14-9-10-17-27(25)26/h1,6-17,23,28,30H,5,18-22H2,2-3H3,(H,33,40)/t23?,28-,30-/m0/s1. The number of nitrogens with one attached hydrogen (secondary N) is 1. The molecule has 40 heavy (non-hydrogen) atoms. The second-order valence-electron chi connectivity index (χ2n) is 10.5. The van der Waals surface area contributed by atoms with E-state index >= 15 is 0 Å². The number of hydrogen-bond acceptors (Lipinski definition) is 4. The number of benzene rings is 3. The highest BCUT2D eigenvalue weighted by Crippen LogP contribution is 2.32. The fourth-order valence-corrected chi connectivity index (χ4v) is 5.76. The van der Waals surface area contributed by atoms with E-state index < -0.39 is 12.2 Å². The zero-order chi connectivity index (χ0) is 28.2. The van der Waals surface area contributed by atoms with Crippen LogP contribution in [0.25, 0.3) is 10.8 Å². The van der Waals surface area contributed by atoms with Crippen LogP contribution in [-0.4, -0.2) is 69.5 Å². The highest BCUT2D eigenvalue weighted by molar-refractivity contribution is 5.92. The Bertz CT molecular complexity index is 1430. The number of carbonyl (C=O) groups excluding carboxylic acids is 3. The van der Waals surface area contributed by atoms with Crippen molar-refractivity contribution in [1.82, 2.24) is 25.1 Å². The van der Waals surface area contributed by atoms with Crippen molar-refractivity contribution in [2.45, 2.75) is 45.6 Å². The molecule has 3 atom stereocenters. The Hall–Kier alpha value is -4.35. The van der Waals surface area contributed by atoms with Crippen LogP contribution in [0.3, 0.4) is 0 Å². The van der Waals surface area contributed by atoms with E-state index in [1.165, 1.54) is 0 Å².